The highest BCUT2D eigenvalue weighted by atomic mass is 35.5. The van der Waals surface area contributed by atoms with Crippen LogP contribution in [0.1, 0.15) is 18.4 Å². The van der Waals surface area contributed by atoms with Gasteiger partial charge in [0.05, 0.1) is 0 Å². The van der Waals surface area contributed by atoms with Crippen LogP contribution in [0.4, 0.5) is 4.39 Å². The molecule has 0 bridgehead atoms. The number of ether oxygens (including phenoxy) is 1. The Bertz CT molecular complexity index is 388. The lowest BCUT2D eigenvalue weighted by molar-refractivity contribution is 0.0458. The first-order chi connectivity index (χ1) is 8.67. The predicted octanol–water partition coefficient (Wildman–Crippen LogP) is 3.36. The third-order valence-electron chi connectivity index (χ3n) is 3.41. The van der Waals surface area contributed by atoms with E-state index in [1.54, 1.807) is 12.1 Å². The standard InChI is InChI=1S/C13H16Cl2FNO/c14-9-13(4-6-18-7-5-13)17-8-10-11(15)2-1-3-12(10)16/h1-3,17H,4-9H2. The molecule has 1 aliphatic heterocycles. The largest absolute Gasteiger partial charge is 0.381 e. The summed E-state index contributed by atoms with van der Waals surface area (Å²) in [6, 6.07) is 4.71. The molecule has 1 N–H and O–H groups in total. The fourth-order valence-electron chi connectivity index (χ4n) is 2.10. The highest BCUT2D eigenvalue weighted by Crippen LogP contribution is 2.25. The van der Waals surface area contributed by atoms with Crippen LogP contribution in [-0.2, 0) is 11.3 Å². The quantitative estimate of drug-likeness (QED) is 0.859. The molecule has 0 spiro atoms. The molecule has 0 amide bonds. The molecule has 1 aromatic carbocycles. The maximum absolute atomic E-state index is 13.7. The summed E-state index contributed by atoms with van der Waals surface area (Å²) < 4.78 is 19.0. The fraction of sp³-hybridized carbons (Fsp3) is 0.538. The number of hydrogen-bond donors (Lipinski definition) is 1. The molecule has 1 aliphatic rings. The van der Waals surface area contributed by atoms with Gasteiger partial charge in [-0.05, 0) is 25.0 Å². The third-order valence-corrected chi connectivity index (χ3v) is 4.27. The Balaban J connectivity index is 2.05. The second-order valence-corrected chi connectivity index (χ2v) is 5.25. The van der Waals surface area contributed by atoms with Crippen molar-refractivity contribution in [1.29, 1.82) is 0 Å². The van der Waals surface area contributed by atoms with Gasteiger partial charge in [0.25, 0.3) is 0 Å². The zero-order chi connectivity index (χ0) is 13.0. The molecular formula is C13H16Cl2FNO. The van der Waals surface area contributed by atoms with Crippen molar-refractivity contribution in [3.05, 3.63) is 34.6 Å². The summed E-state index contributed by atoms with van der Waals surface area (Å²) in [6.45, 7) is 1.76. The molecule has 2 nitrogen and oxygen atoms in total. The molecule has 5 heteroatoms. The lowest BCUT2D eigenvalue weighted by Gasteiger charge is -2.36. The van der Waals surface area contributed by atoms with Gasteiger partial charge in [0.2, 0.25) is 0 Å². The molecular weight excluding hydrogens is 276 g/mol. The molecule has 0 saturated carbocycles. The molecule has 0 aliphatic carbocycles. The normalized spacial score (nSPS) is 18.8. The number of benzene rings is 1. The molecule has 2 rings (SSSR count). The van der Waals surface area contributed by atoms with Crippen molar-refractivity contribution < 1.29 is 9.13 Å². The molecule has 0 atom stereocenters. The lowest BCUT2D eigenvalue weighted by atomic mass is 9.92. The van der Waals surface area contributed by atoms with Crippen LogP contribution in [0.25, 0.3) is 0 Å². The average molecular weight is 292 g/mol. The van der Waals surface area contributed by atoms with E-state index in [-0.39, 0.29) is 11.4 Å². The van der Waals surface area contributed by atoms with E-state index in [1.165, 1.54) is 6.07 Å². The van der Waals surface area contributed by atoms with Crippen LogP contribution < -0.4 is 5.32 Å². The summed E-state index contributed by atoms with van der Waals surface area (Å²) in [7, 11) is 0. The first kappa shape index (κ1) is 14.1. The van der Waals surface area contributed by atoms with Gasteiger partial charge in [-0.3, -0.25) is 0 Å². The van der Waals surface area contributed by atoms with E-state index >= 15 is 0 Å². The minimum atomic E-state index is -0.285. The van der Waals surface area contributed by atoms with Crippen molar-refractivity contribution in [2.24, 2.45) is 0 Å². The zero-order valence-electron chi connectivity index (χ0n) is 10.0. The number of halogens is 3. The first-order valence-corrected chi connectivity index (χ1v) is 6.90. The molecule has 1 aromatic rings. The Hall–Kier alpha value is -0.350. The summed E-state index contributed by atoms with van der Waals surface area (Å²) in [4.78, 5) is 0. The summed E-state index contributed by atoms with van der Waals surface area (Å²) in [6.07, 6.45) is 1.67. The molecule has 0 unspecified atom stereocenters. The van der Waals surface area contributed by atoms with Gasteiger partial charge in [-0.15, -0.1) is 11.6 Å². The topological polar surface area (TPSA) is 21.3 Å². The predicted molar refractivity (Wildman–Crippen MR) is 71.8 cm³/mol. The van der Waals surface area contributed by atoms with Gasteiger partial charge in [-0.25, -0.2) is 4.39 Å². The van der Waals surface area contributed by atoms with E-state index in [4.69, 9.17) is 27.9 Å². The van der Waals surface area contributed by atoms with Crippen LogP contribution in [0.3, 0.4) is 0 Å². The van der Waals surface area contributed by atoms with Crippen LogP contribution >= 0.6 is 23.2 Å². The van der Waals surface area contributed by atoms with Crippen LogP contribution in [0.15, 0.2) is 18.2 Å². The second-order valence-electron chi connectivity index (χ2n) is 4.58. The summed E-state index contributed by atoms with van der Waals surface area (Å²) in [5.74, 6) is 0.203. The van der Waals surface area contributed by atoms with Crippen LogP contribution in [-0.4, -0.2) is 24.6 Å². The number of alkyl halides is 1. The fourth-order valence-corrected chi connectivity index (χ4v) is 2.69. The number of nitrogens with one attached hydrogen (secondary N) is 1. The van der Waals surface area contributed by atoms with Crippen molar-refractivity contribution in [2.45, 2.75) is 24.9 Å². The Morgan fingerprint density at radius 1 is 1.33 bits per heavy atom. The van der Waals surface area contributed by atoms with Crippen LogP contribution in [0.2, 0.25) is 5.02 Å². The monoisotopic (exact) mass is 291 g/mol. The minimum Gasteiger partial charge on any atom is -0.381 e. The van der Waals surface area contributed by atoms with E-state index in [0.29, 0.717) is 36.2 Å². The Morgan fingerprint density at radius 3 is 2.67 bits per heavy atom. The van der Waals surface area contributed by atoms with E-state index < -0.39 is 0 Å². The van der Waals surface area contributed by atoms with Gasteiger partial charge < -0.3 is 10.1 Å². The molecule has 1 heterocycles. The van der Waals surface area contributed by atoms with E-state index in [9.17, 15) is 4.39 Å². The van der Waals surface area contributed by atoms with Crippen molar-refractivity contribution in [1.82, 2.24) is 5.32 Å². The Morgan fingerprint density at radius 2 is 2.06 bits per heavy atom. The lowest BCUT2D eigenvalue weighted by Crippen LogP contribution is -2.50. The summed E-state index contributed by atoms with van der Waals surface area (Å²) in [5, 5.41) is 3.79. The highest BCUT2D eigenvalue weighted by Gasteiger charge is 2.31. The molecule has 18 heavy (non-hydrogen) atoms. The maximum atomic E-state index is 13.7. The van der Waals surface area contributed by atoms with E-state index in [1.807, 2.05) is 0 Å². The number of hydrogen-bond acceptors (Lipinski definition) is 2. The summed E-state index contributed by atoms with van der Waals surface area (Å²) >= 11 is 12.0. The highest BCUT2D eigenvalue weighted by molar-refractivity contribution is 6.31. The van der Waals surface area contributed by atoms with Crippen molar-refractivity contribution in [2.75, 3.05) is 19.1 Å². The molecule has 0 aromatic heterocycles. The van der Waals surface area contributed by atoms with Crippen molar-refractivity contribution in [3.8, 4) is 0 Å². The summed E-state index contributed by atoms with van der Waals surface area (Å²) in [5.41, 5.74) is 0.320. The zero-order valence-corrected chi connectivity index (χ0v) is 11.5. The van der Waals surface area contributed by atoms with Gasteiger partial charge in [-0.2, -0.15) is 0 Å². The second kappa shape index (κ2) is 6.20. The Labute approximate surface area is 116 Å². The first-order valence-electron chi connectivity index (χ1n) is 5.98. The smallest absolute Gasteiger partial charge is 0.129 e. The minimum absolute atomic E-state index is 0.175. The third kappa shape index (κ3) is 3.15. The van der Waals surface area contributed by atoms with Gasteiger partial charge in [-0.1, -0.05) is 17.7 Å². The van der Waals surface area contributed by atoms with Gasteiger partial charge in [0.1, 0.15) is 5.82 Å². The van der Waals surface area contributed by atoms with Crippen LogP contribution in [0.5, 0.6) is 0 Å². The van der Waals surface area contributed by atoms with Gasteiger partial charge >= 0.3 is 0 Å². The van der Waals surface area contributed by atoms with Gasteiger partial charge in [0, 0.05) is 41.8 Å². The SMILES string of the molecule is Fc1cccc(Cl)c1CNC1(CCl)CCOCC1. The molecule has 0 radical (unpaired) electrons. The van der Waals surface area contributed by atoms with E-state index in [0.717, 1.165) is 12.8 Å². The van der Waals surface area contributed by atoms with Gasteiger partial charge in [0.15, 0.2) is 0 Å². The molecule has 1 saturated heterocycles. The number of rotatable bonds is 4. The van der Waals surface area contributed by atoms with Crippen molar-refractivity contribution >= 4 is 23.2 Å². The Kier molecular flexibility index (Phi) is 4.84. The maximum Gasteiger partial charge on any atom is 0.129 e. The van der Waals surface area contributed by atoms with E-state index in [2.05, 4.69) is 5.32 Å². The van der Waals surface area contributed by atoms with Crippen LogP contribution in [0, 0.1) is 5.82 Å². The van der Waals surface area contributed by atoms with Crippen molar-refractivity contribution in [3.63, 3.8) is 0 Å². The molecule has 100 valence electrons. The average Bonchev–Trinajstić information content (AvgIpc) is 2.39. The molecule has 1 fully saturated rings.